The number of carbonyl (C=O) groups excluding carboxylic acids is 1. The smallest absolute Gasteiger partial charge is 0.414 e. The number of aliphatic carboxylic acids is 2. The van der Waals surface area contributed by atoms with Gasteiger partial charge in [-0.05, 0) is 50.2 Å². The van der Waals surface area contributed by atoms with Gasteiger partial charge in [0.05, 0.1) is 23.7 Å². The Morgan fingerprint density at radius 2 is 1.59 bits per heavy atom. The van der Waals surface area contributed by atoms with Gasteiger partial charge < -0.3 is 24.8 Å². The molecule has 0 unspecified atom stereocenters. The molecule has 10 heteroatoms. The van der Waals surface area contributed by atoms with Crippen molar-refractivity contribution in [2.45, 2.75) is 26.5 Å². The molecular weight excluding hydrogens is 440 g/mol. The lowest BCUT2D eigenvalue weighted by Gasteiger charge is -2.34. The van der Waals surface area contributed by atoms with Crippen molar-refractivity contribution >= 4 is 28.9 Å². The van der Waals surface area contributed by atoms with E-state index >= 15 is 0 Å². The van der Waals surface area contributed by atoms with Crippen LogP contribution in [0.4, 0.5) is 0 Å². The molecule has 0 bridgehead atoms. The van der Waals surface area contributed by atoms with Crippen LogP contribution in [0.2, 0.25) is 0 Å². The van der Waals surface area contributed by atoms with E-state index in [1.165, 1.54) is 0 Å². The van der Waals surface area contributed by atoms with Crippen molar-refractivity contribution in [3.8, 4) is 5.75 Å². The van der Waals surface area contributed by atoms with Crippen LogP contribution in [0.15, 0.2) is 48.5 Å². The lowest BCUT2D eigenvalue weighted by Crippen LogP contribution is -2.48. The molecule has 3 aromatic rings. The third-order valence-electron chi connectivity index (χ3n) is 5.13. The Kier molecular flexibility index (Phi) is 8.20. The summed E-state index contributed by atoms with van der Waals surface area (Å²) in [6.45, 7) is 7.90. The number of H-pyrrole nitrogens is 1. The number of carbonyl (C=O) groups is 3. The molecule has 1 aromatic heterocycles. The molecule has 0 spiro atoms. The van der Waals surface area contributed by atoms with Gasteiger partial charge in [-0.2, -0.15) is 0 Å². The number of nitrogens with zero attached hydrogens (tertiary/aromatic N) is 3. The lowest BCUT2D eigenvalue weighted by atomic mass is 10.1. The molecule has 1 aliphatic heterocycles. The number of para-hydroxylation sites is 2. The summed E-state index contributed by atoms with van der Waals surface area (Å²) < 4.78 is 5.65. The molecule has 1 aliphatic rings. The normalized spacial score (nSPS) is 13.9. The SMILES string of the molecule is CC(C)Oc1ccc(C(=O)N2CCN(Cc3nc4ccccc4[nH]3)CC2)cc1.O=C(O)C(=O)O. The second-order valence-corrected chi connectivity index (χ2v) is 8.07. The van der Waals surface area contributed by atoms with Gasteiger partial charge in [0.15, 0.2) is 0 Å². The Labute approximate surface area is 196 Å². The van der Waals surface area contributed by atoms with Gasteiger partial charge in [-0.1, -0.05) is 12.1 Å². The van der Waals surface area contributed by atoms with Crippen LogP contribution in [0.1, 0.15) is 30.0 Å². The van der Waals surface area contributed by atoms with Crippen molar-refractivity contribution in [2.24, 2.45) is 0 Å². The predicted molar refractivity (Wildman–Crippen MR) is 125 cm³/mol. The van der Waals surface area contributed by atoms with Crippen molar-refractivity contribution in [2.75, 3.05) is 26.2 Å². The maximum Gasteiger partial charge on any atom is 0.414 e. The summed E-state index contributed by atoms with van der Waals surface area (Å²) in [5.74, 6) is -1.80. The number of aromatic amines is 1. The first-order valence-corrected chi connectivity index (χ1v) is 10.9. The van der Waals surface area contributed by atoms with E-state index in [1.807, 2.05) is 67.3 Å². The van der Waals surface area contributed by atoms with E-state index in [-0.39, 0.29) is 12.0 Å². The number of hydrogen-bond donors (Lipinski definition) is 3. The molecule has 0 saturated carbocycles. The van der Waals surface area contributed by atoms with E-state index in [9.17, 15) is 4.79 Å². The molecule has 2 aromatic carbocycles. The second-order valence-electron chi connectivity index (χ2n) is 8.07. The number of rotatable bonds is 5. The Bertz CT molecular complexity index is 1090. The van der Waals surface area contributed by atoms with Crippen LogP contribution in [-0.4, -0.2) is 80.1 Å². The monoisotopic (exact) mass is 468 g/mol. The standard InChI is InChI=1S/C22H26N4O2.C2H2O4/c1-16(2)28-18-9-7-17(8-10-18)22(27)26-13-11-25(12-14-26)15-21-23-19-5-3-4-6-20(19)24-21;3-1(4)2(5)6/h3-10,16H,11-15H2,1-2H3,(H,23,24);(H,3,4)(H,5,6). The first-order chi connectivity index (χ1) is 16.2. The van der Waals surface area contributed by atoms with Gasteiger partial charge in [-0.25, -0.2) is 14.6 Å². The molecule has 10 nitrogen and oxygen atoms in total. The van der Waals surface area contributed by atoms with Gasteiger partial charge >= 0.3 is 11.9 Å². The molecule has 4 rings (SSSR count). The number of imidazole rings is 1. The van der Waals surface area contributed by atoms with Crippen molar-refractivity contribution in [3.63, 3.8) is 0 Å². The second kappa shape index (κ2) is 11.3. The Morgan fingerprint density at radius 1 is 0.971 bits per heavy atom. The summed E-state index contributed by atoms with van der Waals surface area (Å²) in [7, 11) is 0. The zero-order chi connectivity index (χ0) is 24.7. The van der Waals surface area contributed by atoms with E-state index in [0.717, 1.165) is 55.3 Å². The summed E-state index contributed by atoms with van der Waals surface area (Å²) in [5.41, 5.74) is 2.77. The van der Waals surface area contributed by atoms with Crippen LogP contribution in [0.5, 0.6) is 5.75 Å². The van der Waals surface area contributed by atoms with Gasteiger partial charge in [0.1, 0.15) is 11.6 Å². The summed E-state index contributed by atoms with van der Waals surface area (Å²) in [5, 5.41) is 14.8. The van der Waals surface area contributed by atoms with E-state index in [1.54, 1.807) is 0 Å². The molecular formula is C24H28N4O6. The number of ether oxygens (including phenoxy) is 1. The zero-order valence-electron chi connectivity index (χ0n) is 19.1. The van der Waals surface area contributed by atoms with Crippen molar-refractivity contribution in [3.05, 3.63) is 59.9 Å². The maximum absolute atomic E-state index is 12.8. The van der Waals surface area contributed by atoms with E-state index in [0.29, 0.717) is 5.56 Å². The van der Waals surface area contributed by atoms with E-state index in [4.69, 9.17) is 24.5 Å². The summed E-state index contributed by atoms with van der Waals surface area (Å²) in [6, 6.07) is 15.5. The van der Waals surface area contributed by atoms with Gasteiger partial charge in [0.2, 0.25) is 0 Å². The summed E-state index contributed by atoms with van der Waals surface area (Å²) >= 11 is 0. The number of hydrogen-bond acceptors (Lipinski definition) is 6. The highest BCUT2D eigenvalue weighted by Crippen LogP contribution is 2.17. The van der Waals surface area contributed by atoms with Crippen molar-refractivity contribution in [1.82, 2.24) is 19.8 Å². The fraction of sp³-hybridized carbons (Fsp3) is 0.333. The number of amides is 1. The van der Waals surface area contributed by atoms with Crippen LogP contribution in [0.25, 0.3) is 11.0 Å². The zero-order valence-corrected chi connectivity index (χ0v) is 19.1. The highest BCUT2D eigenvalue weighted by atomic mass is 16.5. The predicted octanol–water partition coefficient (Wildman–Crippen LogP) is 2.46. The molecule has 2 heterocycles. The highest BCUT2D eigenvalue weighted by Gasteiger charge is 2.23. The first-order valence-electron chi connectivity index (χ1n) is 10.9. The molecule has 1 fully saturated rings. The van der Waals surface area contributed by atoms with Crippen LogP contribution >= 0.6 is 0 Å². The number of nitrogens with one attached hydrogen (secondary N) is 1. The van der Waals surface area contributed by atoms with Crippen LogP contribution in [0.3, 0.4) is 0 Å². The molecule has 1 saturated heterocycles. The number of fused-ring (bicyclic) bond motifs is 1. The highest BCUT2D eigenvalue weighted by molar-refractivity contribution is 6.27. The largest absolute Gasteiger partial charge is 0.491 e. The van der Waals surface area contributed by atoms with Crippen molar-refractivity contribution < 1.29 is 29.3 Å². The third kappa shape index (κ3) is 6.79. The van der Waals surface area contributed by atoms with Gasteiger partial charge in [0.25, 0.3) is 5.91 Å². The molecule has 34 heavy (non-hydrogen) atoms. The minimum absolute atomic E-state index is 0.0829. The quantitative estimate of drug-likeness (QED) is 0.486. The minimum Gasteiger partial charge on any atom is -0.491 e. The first kappa shape index (κ1) is 24.7. The van der Waals surface area contributed by atoms with Gasteiger partial charge in [-0.15, -0.1) is 0 Å². The fourth-order valence-electron chi connectivity index (χ4n) is 3.53. The summed E-state index contributed by atoms with van der Waals surface area (Å²) in [6.07, 6.45) is 0.126. The number of piperazine rings is 1. The number of aromatic nitrogens is 2. The minimum atomic E-state index is -1.82. The number of carboxylic acid groups (broad SMARTS) is 2. The molecule has 0 radical (unpaired) electrons. The van der Waals surface area contributed by atoms with Gasteiger partial charge in [-0.3, -0.25) is 9.69 Å². The van der Waals surface area contributed by atoms with Crippen molar-refractivity contribution in [1.29, 1.82) is 0 Å². The summed E-state index contributed by atoms with van der Waals surface area (Å²) in [4.78, 5) is 43.2. The number of benzene rings is 2. The Hall–Kier alpha value is -3.92. The van der Waals surface area contributed by atoms with E-state index < -0.39 is 11.9 Å². The topological polar surface area (TPSA) is 136 Å². The molecule has 3 N–H and O–H groups in total. The average Bonchev–Trinajstić information content (AvgIpc) is 3.22. The lowest BCUT2D eigenvalue weighted by molar-refractivity contribution is -0.159. The van der Waals surface area contributed by atoms with Crippen LogP contribution in [0, 0.1) is 0 Å². The van der Waals surface area contributed by atoms with Crippen LogP contribution < -0.4 is 4.74 Å². The molecule has 0 atom stereocenters. The average molecular weight is 469 g/mol. The van der Waals surface area contributed by atoms with E-state index in [2.05, 4.69) is 14.9 Å². The number of carboxylic acids is 2. The molecule has 180 valence electrons. The maximum atomic E-state index is 12.8. The Morgan fingerprint density at radius 3 is 2.15 bits per heavy atom. The van der Waals surface area contributed by atoms with Gasteiger partial charge in [0, 0.05) is 31.7 Å². The molecule has 0 aliphatic carbocycles. The third-order valence-corrected chi connectivity index (χ3v) is 5.13. The Balaban J connectivity index is 0.000000481. The molecule has 1 amide bonds. The fourth-order valence-corrected chi connectivity index (χ4v) is 3.53. The van der Waals surface area contributed by atoms with Crippen LogP contribution in [-0.2, 0) is 16.1 Å².